The summed E-state index contributed by atoms with van der Waals surface area (Å²) in [6.07, 6.45) is 15.1. The van der Waals surface area contributed by atoms with Gasteiger partial charge >= 0.3 is 0 Å². The summed E-state index contributed by atoms with van der Waals surface area (Å²) in [6, 6.07) is 8.70. The lowest BCUT2D eigenvalue weighted by Crippen LogP contribution is -2.38. The van der Waals surface area contributed by atoms with Gasteiger partial charge in [-0.1, -0.05) is 53.6 Å². The second-order valence-corrected chi connectivity index (χ2v) is 9.94. The van der Waals surface area contributed by atoms with Gasteiger partial charge in [-0.15, -0.1) is 0 Å². The average Bonchev–Trinajstić information content (AvgIpc) is 3.31. The molecule has 2 fully saturated rings. The topological polar surface area (TPSA) is 49.8 Å². The zero-order chi connectivity index (χ0) is 22.3. The van der Waals surface area contributed by atoms with Gasteiger partial charge < -0.3 is 14.7 Å². The Hall–Kier alpha value is -1.91. The van der Waals surface area contributed by atoms with Gasteiger partial charge in [-0.3, -0.25) is 4.79 Å². The fourth-order valence-electron chi connectivity index (χ4n) is 5.76. The summed E-state index contributed by atoms with van der Waals surface area (Å²) in [4.78, 5) is 14.2. The van der Waals surface area contributed by atoms with Crippen LogP contribution < -0.4 is 0 Å². The van der Waals surface area contributed by atoms with Gasteiger partial charge in [0.15, 0.2) is 0 Å². The molecule has 1 amide bonds. The molecule has 0 bridgehead atoms. The average molecular weight is 438 g/mol. The van der Waals surface area contributed by atoms with Gasteiger partial charge in [0.05, 0.1) is 12.7 Å². The number of hydrogen-bond acceptors (Lipinski definition) is 3. The molecule has 1 N–H and O–H groups in total. The van der Waals surface area contributed by atoms with Crippen molar-refractivity contribution in [3.8, 4) is 0 Å². The smallest absolute Gasteiger partial charge is 0.248 e. The van der Waals surface area contributed by atoms with E-state index in [9.17, 15) is 9.90 Å². The molecule has 1 aliphatic heterocycles. The van der Waals surface area contributed by atoms with Gasteiger partial charge in [0, 0.05) is 19.0 Å². The van der Waals surface area contributed by atoms with E-state index < -0.39 is 0 Å². The van der Waals surface area contributed by atoms with Crippen LogP contribution in [0.3, 0.4) is 0 Å². The molecule has 1 aromatic carbocycles. The largest absolute Gasteiger partial charge is 0.392 e. The minimum atomic E-state index is -0.226. The molecule has 4 heteroatoms. The van der Waals surface area contributed by atoms with Crippen molar-refractivity contribution in [3.63, 3.8) is 0 Å². The fraction of sp³-hybridized carbons (Fsp3) is 0.607. The van der Waals surface area contributed by atoms with Crippen LogP contribution in [0.15, 0.2) is 48.1 Å². The highest BCUT2D eigenvalue weighted by atomic mass is 16.5. The first-order valence-electron chi connectivity index (χ1n) is 12.6. The molecule has 174 valence electrons. The molecular formula is C28H39NO3. The van der Waals surface area contributed by atoms with E-state index in [4.69, 9.17) is 4.74 Å². The number of hydrogen-bond donors (Lipinski definition) is 1. The molecule has 4 nitrogen and oxygen atoms in total. The van der Waals surface area contributed by atoms with E-state index in [1.165, 1.54) is 23.1 Å². The standard InChI is InChI=1S/C28H39NO3/c1-21-8-7-10-22(16-21)9-3-4-11-25-26-18-23(17-24(26)19-27(25)30)12-15-32-20-28(31)29-13-5-2-6-14-29/h4,7-8,10-11,16-17,24-27,30H,2-3,5-6,9,12-15,18-20H2,1H3/t24-,25+,26-,27+/m0/s1. The molecule has 1 heterocycles. The fourth-order valence-corrected chi connectivity index (χ4v) is 5.76. The van der Waals surface area contributed by atoms with Crippen LogP contribution in [0.1, 0.15) is 56.1 Å². The van der Waals surface area contributed by atoms with Crippen molar-refractivity contribution in [3.05, 3.63) is 59.2 Å². The van der Waals surface area contributed by atoms with Crippen molar-refractivity contribution in [2.45, 2.75) is 64.4 Å². The van der Waals surface area contributed by atoms with Crippen LogP contribution in [0, 0.1) is 24.7 Å². The van der Waals surface area contributed by atoms with Crippen LogP contribution in [0.25, 0.3) is 0 Å². The summed E-state index contributed by atoms with van der Waals surface area (Å²) in [5, 5.41) is 10.6. The lowest BCUT2D eigenvalue weighted by atomic mass is 9.89. The van der Waals surface area contributed by atoms with E-state index in [0.717, 1.165) is 58.0 Å². The van der Waals surface area contributed by atoms with Crippen molar-refractivity contribution >= 4 is 5.91 Å². The Balaban J connectivity index is 1.17. The molecule has 2 aliphatic carbocycles. The molecular weight excluding hydrogens is 398 g/mol. The monoisotopic (exact) mass is 437 g/mol. The molecule has 0 spiro atoms. The van der Waals surface area contributed by atoms with Crippen LogP contribution in [-0.2, 0) is 16.0 Å². The number of benzene rings is 1. The third-order valence-electron chi connectivity index (χ3n) is 7.49. The number of nitrogens with zero attached hydrogens (tertiary/aromatic N) is 1. The number of piperidine rings is 1. The Morgan fingerprint density at radius 1 is 1.22 bits per heavy atom. The predicted molar refractivity (Wildman–Crippen MR) is 128 cm³/mol. The number of carbonyl (C=O) groups excluding carboxylic acids is 1. The van der Waals surface area contributed by atoms with Gasteiger partial charge in [0.2, 0.25) is 5.91 Å². The third kappa shape index (κ3) is 6.11. The second kappa shape index (κ2) is 11.3. The summed E-state index contributed by atoms with van der Waals surface area (Å²) in [6.45, 7) is 4.74. The van der Waals surface area contributed by atoms with Gasteiger partial charge in [0.1, 0.15) is 6.61 Å². The molecule has 0 radical (unpaired) electrons. The van der Waals surface area contributed by atoms with E-state index in [1.54, 1.807) is 0 Å². The summed E-state index contributed by atoms with van der Waals surface area (Å²) in [5.41, 5.74) is 4.13. The number of fused-ring (bicyclic) bond motifs is 1. The predicted octanol–water partition coefficient (Wildman–Crippen LogP) is 4.85. The van der Waals surface area contributed by atoms with E-state index >= 15 is 0 Å². The Kier molecular flexibility index (Phi) is 8.20. The van der Waals surface area contributed by atoms with Gasteiger partial charge in [-0.25, -0.2) is 0 Å². The Labute approximate surface area is 193 Å². The van der Waals surface area contributed by atoms with Crippen LogP contribution >= 0.6 is 0 Å². The number of rotatable bonds is 9. The molecule has 4 atom stereocenters. The van der Waals surface area contributed by atoms with Crippen molar-refractivity contribution in [1.82, 2.24) is 4.90 Å². The molecule has 0 aromatic heterocycles. The summed E-state index contributed by atoms with van der Waals surface area (Å²) < 4.78 is 5.72. The number of amides is 1. The first kappa shape index (κ1) is 23.3. The summed E-state index contributed by atoms with van der Waals surface area (Å²) in [5.74, 6) is 1.40. The molecule has 1 aromatic rings. The van der Waals surface area contributed by atoms with Crippen LogP contribution in [0.5, 0.6) is 0 Å². The maximum absolute atomic E-state index is 12.2. The molecule has 4 rings (SSSR count). The number of allylic oxidation sites excluding steroid dienone is 2. The second-order valence-electron chi connectivity index (χ2n) is 9.94. The van der Waals surface area contributed by atoms with E-state index in [0.29, 0.717) is 18.4 Å². The van der Waals surface area contributed by atoms with Crippen LogP contribution in [0.2, 0.25) is 0 Å². The number of aliphatic hydroxyl groups is 1. The number of aliphatic hydroxyl groups excluding tert-OH is 1. The zero-order valence-corrected chi connectivity index (χ0v) is 19.5. The lowest BCUT2D eigenvalue weighted by molar-refractivity contribution is -0.137. The van der Waals surface area contributed by atoms with Crippen molar-refractivity contribution < 1.29 is 14.6 Å². The summed E-state index contributed by atoms with van der Waals surface area (Å²) in [7, 11) is 0. The highest BCUT2D eigenvalue weighted by Gasteiger charge is 2.43. The van der Waals surface area contributed by atoms with Crippen LogP contribution in [0.4, 0.5) is 0 Å². The van der Waals surface area contributed by atoms with Gasteiger partial charge in [-0.2, -0.15) is 0 Å². The van der Waals surface area contributed by atoms with Crippen molar-refractivity contribution in [2.24, 2.45) is 17.8 Å². The SMILES string of the molecule is Cc1cccc(CCC=C[C@@H]2[C@H]3CC(CCOCC(=O)N4CCCCC4)=C[C@H]3C[C@H]2O)c1. The molecule has 1 saturated carbocycles. The van der Waals surface area contributed by atoms with Gasteiger partial charge in [0.25, 0.3) is 0 Å². The number of aryl methyl sites for hydroxylation is 2. The Morgan fingerprint density at radius 3 is 2.88 bits per heavy atom. The summed E-state index contributed by atoms with van der Waals surface area (Å²) >= 11 is 0. The minimum absolute atomic E-state index is 0.140. The first-order chi connectivity index (χ1) is 15.6. The highest BCUT2D eigenvalue weighted by molar-refractivity contribution is 5.77. The quantitative estimate of drug-likeness (QED) is 0.444. The highest BCUT2D eigenvalue weighted by Crippen LogP contribution is 2.47. The first-order valence-corrected chi connectivity index (χ1v) is 12.6. The molecule has 3 aliphatic rings. The van der Waals surface area contributed by atoms with Crippen molar-refractivity contribution in [2.75, 3.05) is 26.3 Å². The van der Waals surface area contributed by atoms with Crippen molar-refractivity contribution in [1.29, 1.82) is 0 Å². The lowest BCUT2D eigenvalue weighted by Gasteiger charge is -2.26. The zero-order valence-electron chi connectivity index (χ0n) is 19.5. The van der Waals surface area contributed by atoms with Gasteiger partial charge in [-0.05, 0) is 75.7 Å². The van der Waals surface area contributed by atoms with E-state index in [2.05, 4.69) is 49.4 Å². The number of ether oxygens (including phenoxy) is 1. The third-order valence-corrected chi connectivity index (χ3v) is 7.49. The maximum atomic E-state index is 12.2. The maximum Gasteiger partial charge on any atom is 0.248 e. The van der Waals surface area contributed by atoms with E-state index in [1.807, 2.05) is 4.90 Å². The van der Waals surface area contributed by atoms with Crippen LogP contribution in [-0.4, -0.2) is 48.3 Å². The Morgan fingerprint density at radius 2 is 2.06 bits per heavy atom. The Bertz CT molecular complexity index is 824. The number of carbonyl (C=O) groups is 1. The minimum Gasteiger partial charge on any atom is -0.392 e. The number of likely N-dealkylation sites (tertiary alicyclic amines) is 1. The normalized spacial score (nSPS) is 27.7. The molecule has 0 unspecified atom stereocenters. The molecule has 32 heavy (non-hydrogen) atoms. The molecule has 1 saturated heterocycles. The van der Waals surface area contributed by atoms with E-state index in [-0.39, 0.29) is 24.5 Å².